The van der Waals surface area contributed by atoms with Crippen LogP contribution in [0.4, 0.5) is 0 Å². The SMILES string of the molecule is Cl.OC1CNCC1CNCc1coc(-c2ccccc2)n1. The van der Waals surface area contributed by atoms with Crippen LogP contribution in [0, 0.1) is 5.92 Å². The first-order chi connectivity index (χ1) is 9.83. The summed E-state index contributed by atoms with van der Waals surface area (Å²) >= 11 is 0. The average molecular weight is 310 g/mol. The van der Waals surface area contributed by atoms with Crippen LogP contribution in [0.5, 0.6) is 0 Å². The molecule has 0 amide bonds. The highest BCUT2D eigenvalue weighted by molar-refractivity contribution is 5.85. The molecule has 1 aromatic heterocycles. The molecule has 0 saturated carbocycles. The summed E-state index contributed by atoms with van der Waals surface area (Å²) in [7, 11) is 0. The van der Waals surface area contributed by atoms with E-state index in [-0.39, 0.29) is 24.4 Å². The van der Waals surface area contributed by atoms with Gasteiger partial charge in [0.05, 0.1) is 11.8 Å². The second-order valence-corrected chi connectivity index (χ2v) is 5.13. The molecular formula is C15H20ClN3O2. The largest absolute Gasteiger partial charge is 0.444 e. The summed E-state index contributed by atoms with van der Waals surface area (Å²) in [6.07, 6.45) is 1.43. The van der Waals surface area contributed by atoms with E-state index in [0.29, 0.717) is 19.0 Å². The molecule has 0 radical (unpaired) electrons. The zero-order valence-corrected chi connectivity index (χ0v) is 12.5. The molecule has 1 aliphatic heterocycles. The van der Waals surface area contributed by atoms with Crippen molar-refractivity contribution in [2.24, 2.45) is 5.92 Å². The zero-order chi connectivity index (χ0) is 13.8. The Bertz CT molecular complexity index is 547. The molecule has 3 N–H and O–H groups in total. The van der Waals surface area contributed by atoms with Crippen molar-refractivity contribution in [3.05, 3.63) is 42.3 Å². The zero-order valence-electron chi connectivity index (χ0n) is 11.7. The summed E-state index contributed by atoms with van der Waals surface area (Å²) in [5.41, 5.74) is 1.86. The topological polar surface area (TPSA) is 70.3 Å². The van der Waals surface area contributed by atoms with Crippen LogP contribution in [0.3, 0.4) is 0 Å². The molecule has 2 aromatic rings. The number of halogens is 1. The molecule has 1 aromatic carbocycles. The standard InChI is InChI=1S/C15H19N3O2.ClH/c19-14-9-17-7-12(14)6-16-8-13-10-20-15(18-13)11-4-2-1-3-5-11;/h1-5,10,12,14,16-17,19H,6-9H2;1H. The van der Waals surface area contributed by atoms with Gasteiger partial charge < -0.3 is 20.2 Å². The first-order valence-corrected chi connectivity index (χ1v) is 6.92. The molecule has 2 heterocycles. The van der Waals surface area contributed by atoms with Gasteiger partial charge in [0.1, 0.15) is 6.26 Å². The van der Waals surface area contributed by atoms with Gasteiger partial charge in [-0.05, 0) is 12.1 Å². The molecule has 5 nitrogen and oxygen atoms in total. The van der Waals surface area contributed by atoms with Crippen molar-refractivity contribution < 1.29 is 9.52 Å². The predicted molar refractivity (Wildman–Crippen MR) is 83.3 cm³/mol. The quantitative estimate of drug-likeness (QED) is 0.779. The highest BCUT2D eigenvalue weighted by Crippen LogP contribution is 2.17. The smallest absolute Gasteiger partial charge is 0.226 e. The van der Waals surface area contributed by atoms with Crippen molar-refractivity contribution in [1.82, 2.24) is 15.6 Å². The van der Waals surface area contributed by atoms with Gasteiger partial charge in [0, 0.05) is 37.7 Å². The lowest BCUT2D eigenvalue weighted by Crippen LogP contribution is -2.30. The van der Waals surface area contributed by atoms with Crippen molar-refractivity contribution in [3.8, 4) is 11.5 Å². The lowest BCUT2D eigenvalue weighted by molar-refractivity contribution is 0.146. The van der Waals surface area contributed by atoms with Crippen LogP contribution in [-0.4, -0.2) is 35.8 Å². The van der Waals surface area contributed by atoms with Gasteiger partial charge in [-0.2, -0.15) is 0 Å². The molecule has 0 bridgehead atoms. The van der Waals surface area contributed by atoms with E-state index >= 15 is 0 Å². The first-order valence-electron chi connectivity index (χ1n) is 6.92. The molecule has 1 fully saturated rings. The van der Waals surface area contributed by atoms with Crippen LogP contribution in [0.15, 0.2) is 41.0 Å². The van der Waals surface area contributed by atoms with Crippen LogP contribution in [-0.2, 0) is 6.54 Å². The van der Waals surface area contributed by atoms with E-state index in [4.69, 9.17) is 4.42 Å². The Labute approximate surface area is 130 Å². The van der Waals surface area contributed by atoms with E-state index in [1.54, 1.807) is 6.26 Å². The summed E-state index contributed by atoms with van der Waals surface area (Å²) in [6, 6.07) is 9.85. The van der Waals surface area contributed by atoms with Gasteiger partial charge >= 0.3 is 0 Å². The molecule has 0 spiro atoms. The third-order valence-electron chi connectivity index (χ3n) is 3.59. The molecule has 2 atom stereocenters. The fourth-order valence-corrected chi connectivity index (χ4v) is 2.41. The van der Waals surface area contributed by atoms with Gasteiger partial charge in [-0.25, -0.2) is 4.98 Å². The maximum Gasteiger partial charge on any atom is 0.226 e. The summed E-state index contributed by atoms with van der Waals surface area (Å²) in [6.45, 7) is 2.98. The molecule has 114 valence electrons. The van der Waals surface area contributed by atoms with Crippen LogP contribution >= 0.6 is 12.4 Å². The molecule has 6 heteroatoms. The lowest BCUT2D eigenvalue weighted by atomic mass is 10.1. The van der Waals surface area contributed by atoms with E-state index in [2.05, 4.69) is 15.6 Å². The fourth-order valence-electron chi connectivity index (χ4n) is 2.41. The molecule has 2 unspecified atom stereocenters. The molecule has 1 saturated heterocycles. The molecule has 3 rings (SSSR count). The number of aliphatic hydroxyl groups excluding tert-OH is 1. The highest BCUT2D eigenvalue weighted by Gasteiger charge is 2.24. The number of nitrogens with one attached hydrogen (secondary N) is 2. The number of rotatable bonds is 5. The number of aromatic nitrogens is 1. The normalized spacial score (nSPS) is 21.2. The van der Waals surface area contributed by atoms with Gasteiger partial charge in [0.25, 0.3) is 0 Å². The van der Waals surface area contributed by atoms with Crippen molar-refractivity contribution in [2.45, 2.75) is 12.6 Å². The Hall–Kier alpha value is -1.40. The van der Waals surface area contributed by atoms with Gasteiger partial charge in [0.15, 0.2) is 0 Å². The van der Waals surface area contributed by atoms with Gasteiger partial charge in [-0.15, -0.1) is 12.4 Å². The summed E-state index contributed by atoms with van der Waals surface area (Å²) < 4.78 is 5.48. The summed E-state index contributed by atoms with van der Waals surface area (Å²) in [4.78, 5) is 4.46. The average Bonchev–Trinajstić information content (AvgIpc) is 3.10. The lowest BCUT2D eigenvalue weighted by Gasteiger charge is -2.13. The summed E-state index contributed by atoms with van der Waals surface area (Å²) in [5.74, 6) is 0.917. The highest BCUT2D eigenvalue weighted by atomic mass is 35.5. The second-order valence-electron chi connectivity index (χ2n) is 5.13. The van der Waals surface area contributed by atoms with Gasteiger partial charge in [-0.1, -0.05) is 18.2 Å². The minimum Gasteiger partial charge on any atom is -0.444 e. The molecule has 1 aliphatic rings. The van der Waals surface area contributed by atoms with Crippen molar-refractivity contribution >= 4 is 12.4 Å². The van der Waals surface area contributed by atoms with E-state index in [1.807, 2.05) is 30.3 Å². The van der Waals surface area contributed by atoms with E-state index in [0.717, 1.165) is 24.3 Å². The Balaban J connectivity index is 0.00000161. The van der Waals surface area contributed by atoms with Crippen LogP contribution in [0.2, 0.25) is 0 Å². The van der Waals surface area contributed by atoms with E-state index in [9.17, 15) is 5.11 Å². The third-order valence-corrected chi connectivity index (χ3v) is 3.59. The fraction of sp³-hybridized carbons (Fsp3) is 0.400. The molecule has 0 aliphatic carbocycles. The maximum atomic E-state index is 9.70. The molecule has 21 heavy (non-hydrogen) atoms. The number of benzene rings is 1. The minimum absolute atomic E-state index is 0. The number of hydrogen-bond donors (Lipinski definition) is 3. The van der Waals surface area contributed by atoms with Crippen molar-refractivity contribution in [2.75, 3.05) is 19.6 Å². The van der Waals surface area contributed by atoms with Crippen LogP contribution < -0.4 is 10.6 Å². The van der Waals surface area contributed by atoms with Crippen molar-refractivity contribution in [3.63, 3.8) is 0 Å². The number of hydrogen-bond acceptors (Lipinski definition) is 5. The first kappa shape index (κ1) is 16.0. The Morgan fingerprint density at radius 2 is 2.10 bits per heavy atom. The number of oxazole rings is 1. The summed E-state index contributed by atoms with van der Waals surface area (Å²) in [5, 5.41) is 16.2. The third kappa shape index (κ3) is 4.04. The minimum atomic E-state index is -0.250. The number of β-amino-alcohol motifs (C(OH)–C–C–N with tert-alkyl or cyclic N) is 1. The van der Waals surface area contributed by atoms with E-state index < -0.39 is 0 Å². The second kappa shape index (κ2) is 7.56. The Kier molecular flexibility index (Phi) is 5.76. The van der Waals surface area contributed by atoms with Crippen molar-refractivity contribution in [1.29, 1.82) is 0 Å². The molecular weight excluding hydrogens is 290 g/mol. The maximum absolute atomic E-state index is 9.70. The Morgan fingerprint density at radius 3 is 2.81 bits per heavy atom. The van der Waals surface area contributed by atoms with Gasteiger partial charge in [-0.3, -0.25) is 0 Å². The van der Waals surface area contributed by atoms with Crippen LogP contribution in [0.1, 0.15) is 5.69 Å². The number of nitrogens with zero attached hydrogens (tertiary/aromatic N) is 1. The predicted octanol–water partition coefficient (Wildman–Crippen LogP) is 1.43. The van der Waals surface area contributed by atoms with Gasteiger partial charge in [0.2, 0.25) is 5.89 Å². The number of aliphatic hydroxyl groups is 1. The van der Waals surface area contributed by atoms with E-state index in [1.165, 1.54) is 0 Å². The van der Waals surface area contributed by atoms with Crippen LogP contribution in [0.25, 0.3) is 11.5 Å². The Morgan fingerprint density at radius 1 is 1.29 bits per heavy atom. The monoisotopic (exact) mass is 309 g/mol.